The molecule has 0 aromatic carbocycles. The van der Waals surface area contributed by atoms with Crippen molar-refractivity contribution in [2.24, 2.45) is 0 Å². The second-order valence-corrected chi connectivity index (χ2v) is 4.14. The molecule has 0 spiro atoms. The average Bonchev–Trinajstić information content (AvgIpc) is 2.30. The summed E-state index contributed by atoms with van der Waals surface area (Å²) in [5.41, 5.74) is 0. The smallest absolute Gasteiger partial charge is 0.0852 e. The summed E-state index contributed by atoms with van der Waals surface area (Å²) in [6.45, 7) is 9.69. The SMILES string of the molecule is CC(C1CNCCO1)N1CCNCC1. The maximum absolute atomic E-state index is 5.77. The predicted molar refractivity (Wildman–Crippen MR) is 56.5 cm³/mol. The van der Waals surface area contributed by atoms with Gasteiger partial charge in [0.25, 0.3) is 0 Å². The lowest BCUT2D eigenvalue weighted by molar-refractivity contribution is -0.0285. The summed E-state index contributed by atoms with van der Waals surface area (Å²) >= 11 is 0. The van der Waals surface area contributed by atoms with Gasteiger partial charge in [0.1, 0.15) is 0 Å². The molecule has 2 rings (SSSR count). The van der Waals surface area contributed by atoms with Crippen LogP contribution in [0.2, 0.25) is 0 Å². The van der Waals surface area contributed by atoms with Crippen LogP contribution in [0.1, 0.15) is 6.92 Å². The highest BCUT2D eigenvalue weighted by Crippen LogP contribution is 2.10. The summed E-state index contributed by atoms with van der Waals surface area (Å²) in [4.78, 5) is 2.52. The predicted octanol–water partition coefficient (Wildman–Crippen LogP) is -0.731. The molecule has 0 aromatic heterocycles. The fraction of sp³-hybridized carbons (Fsp3) is 1.00. The van der Waals surface area contributed by atoms with E-state index in [0.29, 0.717) is 12.1 Å². The van der Waals surface area contributed by atoms with E-state index in [2.05, 4.69) is 22.5 Å². The van der Waals surface area contributed by atoms with Crippen LogP contribution in [0.15, 0.2) is 0 Å². The number of piperazine rings is 1. The van der Waals surface area contributed by atoms with Crippen LogP contribution in [0, 0.1) is 0 Å². The van der Waals surface area contributed by atoms with E-state index in [1.165, 1.54) is 0 Å². The van der Waals surface area contributed by atoms with Gasteiger partial charge in [0.2, 0.25) is 0 Å². The molecule has 0 amide bonds. The third kappa shape index (κ3) is 2.45. The van der Waals surface area contributed by atoms with Crippen molar-refractivity contribution in [1.82, 2.24) is 15.5 Å². The van der Waals surface area contributed by atoms with Gasteiger partial charge in [-0.1, -0.05) is 0 Å². The fourth-order valence-corrected chi connectivity index (χ4v) is 2.22. The lowest BCUT2D eigenvalue weighted by atomic mass is 10.1. The molecule has 4 nitrogen and oxygen atoms in total. The number of rotatable bonds is 2. The van der Waals surface area contributed by atoms with Gasteiger partial charge < -0.3 is 15.4 Å². The lowest BCUT2D eigenvalue weighted by Crippen LogP contribution is -2.55. The number of ether oxygens (including phenoxy) is 1. The minimum atomic E-state index is 0.377. The molecule has 0 radical (unpaired) electrons. The maximum Gasteiger partial charge on any atom is 0.0852 e. The molecule has 82 valence electrons. The van der Waals surface area contributed by atoms with E-state index in [0.717, 1.165) is 45.9 Å². The van der Waals surface area contributed by atoms with Gasteiger partial charge in [-0.2, -0.15) is 0 Å². The molecule has 2 N–H and O–H groups in total. The van der Waals surface area contributed by atoms with Crippen LogP contribution in [0.4, 0.5) is 0 Å². The monoisotopic (exact) mass is 199 g/mol. The van der Waals surface area contributed by atoms with E-state index in [1.807, 2.05) is 0 Å². The highest BCUT2D eigenvalue weighted by Gasteiger charge is 2.26. The summed E-state index contributed by atoms with van der Waals surface area (Å²) < 4.78 is 5.77. The van der Waals surface area contributed by atoms with Crippen molar-refractivity contribution in [3.05, 3.63) is 0 Å². The van der Waals surface area contributed by atoms with Crippen LogP contribution < -0.4 is 10.6 Å². The highest BCUT2D eigenvalue weighted by molar-refractivity contribution is 4.82. The Balaban J connectivity index is 1.82. The van der Waals surface area contributed by atoms with Crippen molar-refractivity contribution in [3.63, 3.8) is 0 Å². The quantitative estimate of drug-likeness (QED) is 0.615. The van der Waals surface area contributed by atoms with Gasteiger partial charge in [-0.05, 0) is 6.92 Å². The van der Waals surface area contributed by atoms with Crippen LogP contribution in [-0.2, 0) is 4.74 Å². The Morgan fingerprint density at radius 3 is 2.64 bits per heavy atom. The molecule has 4 heteroatoms. The molecule has 2 aliphatic heterocycles. The van der Waals surface area contributed by atoms with Crippen molar-refractivity contribution in [3.8, 4) is 0 Å². The van der Waals surface area contributed by atoms with E-state index in [4.69, 9.17) is 4.74 Å². The van der Waals surface area contributed by atoms with Crippen molar-refractivity contribution >= 4 is 0 Å². The topological polar surface area (TPSA) is 36.5 Å². The molecule has 0 saturated carbocycles. The zero-order valence-electron chi connectivity index (χ0n) is 8.96. The second kappa shape index (κ2) is 5.07. The van der Waals surface area contributed by atoms with E-state index in [9.17, 15) is 0 Å². The Morgan fingerprint density at radius 2 is 2.00 bits per heavy atom. The summed E-state index contributed by atoms with van der Waals surface area (Å²) in [6, 6.07) is 0.546. The van der Waals surface area contributed by atoms with E-state index >= 15 is 0 Å². The summed E-state index contributed by atoms with van der Waals surface area (Å²) in [6.07, 6.45) is 0.377. The molecule has 0 aliphatic carbocycles. The average molecular weight is 199 g/mol. The Bertz CT molecular complexity index is 147. The lowest BCUT2D eigenvalue weighted by Gasteiger charge is -2.38. The van der Waals surface area contributed by atoms with Crippen LogP contribution in [0.3, 0.4) is 0 Å². The van der Waals surface area contributed by atoms with Gasteiger partial charge in [0.05, 0.1) is 12.7 Å². The Kier molecular flexibility index (Phi) is 3.75. The molecule has 2 saturated heterocycles. The molecule has 2 fully saturated rings. The summed E-state index contributed by atoms with van der Waals surface area (Å²) in [5, 5.41) is 6.76. The van der Waals surface area contributed by atoms with Crippen LogP contribution in [-0.4, -0.2) is 62.9 Å². The van der Waals surface area contributed by atoms with Crippen molar-refractivity contribution in [1.29, 1.82) is 0 Å². The molecule has 0 bridgehead atoms. The standard InChI is InChI=1S/C10H21N3O/c1-9(10-8-12-4-7-14-10)13-5-2-11-3-6-13/h9-12H,2-8H2,1H3. The first-order chi connectivity index (χ1) is 6.88. The summed E-state index contributed by atoms with van der Waals surface area (Å²) in [7, 11) is 0. The fourth-order valence-electron chi connectivity index (χ4n) is 2.22. The van der Waals surface area contributed by atoms with E-state index in [1.54, 1.807) is 0 Å². The minimum absolute atomic E-state index is 0.377. The molecule has 2 unspecified atom stereocenters. The van der Waals surface area contributed by atoms with Gasteiger partial charge >= 0.3 is 0 Å². The van der Waals surface area contributed by atoms with E-state index < -0.39 is 0 Å². The van der Waals surface area contributed by atoms with Crippen LogP contribution in [0.25, 0.3) is 0 Å². The first-order valence-electron chi connectivity index (χ1n) is 5.65. The van der Waals surface area contributed by atoms with Gasteiger partial charge in [0, 0.05) is 45.3 Å². The molecule has 14 heavy (non-hydrogen) atoms. The highest BCUT2D eigenvalue weighted by atomic mass is 16.5. The molecule has 0 aromatic rings. The van der Waals surface area contributed by atoms with Crippen molar-refractivity contribution in [2.45, 2.75) is 19.1 Å². The third-order valence-electron chi connectivity index (χ3n) is 3.22. The first-order valence-corrected chi connectivity index (χ1v) is 5.65. The van der Waals surface area contributed by atoms with Gasteiger partial charge in [-0.15, -0.1) is 0 Å². The number of nitrogens with one attached hydrogen (secondary N) is 2. The third-order valence-corrected chi connectivity index (χ3v) is 3.22. The Hall–Kier alpha value is -0.160. The van der Waals surface area contributed by atoms with Crippen LogP contribution >= 0.6 is 0 Å². The number of hydrogen-bond acceptors (Lipinski definition) is 4. The molecular formula is C10H21N3O. The number of morpholine rings is 1. The maximum atomic E-state index is 5.77. The number of hydrogen-bond donors (Lipinski definition) is 2. The number of nitrogens with zero attached hydrogens (tertiary/aromatic N) is 1. The summed E-state index contributed by atoms with van der Waals surface area (Å²) in [5.74, 6) is 0. The zero-order valence-corrected chi connectivity index (χ0v) is 8.96. The zero-order chi connectivity index (χ0) is 9.80. The van der Waals surface area contributed by atoms with Gasteiger partial charge in [-0.3, -0.25) is 4.90 Å². The van der Waals surface area contributed by atoms with Crippen molar-refractivity contribution in [2.75, 3.05) is 45.9 Å². The Morgan fingerprint density at radius 1 is 1.21 bits per heavy atom. The molecular weight excluding hydrogens is 178 g/mol. The van der Waals surface area contributed by atoms with E-state index in [-0.39, 0.29) is 0 Å². The van der Waals surface area contributed by atoms with Gasteiger partial charge in [-0.25, -0.2) is 0 Å². The minimum Gasteiger partial charge on any atom is -0.374 e. The van der Waals surface area contributed by atoms with Gasteiger partial charge in [0.15, 0.2) is 0 Å². The molecule has 2 atom stereocenters. The first kappa shape index (κ1) is 10.4. The second-order valence-electron chi connectivity index (χ2n) is 4.14. The van der Waals surface area contributed by atoms with Crippen LogP contribution in [0.5, 0.6) is 0 Å². The molecule has 2 heterocycles. The Labute approximate surface area is 86.0 Å². The normalized spacial score (nSPS) is 32.8. The van der Waals surface area contributed by atoms with Crippen molar-refractivity contribution < 1.29 is 4.74 Å². The molecule has 2 aliphatic rings. The largest absolute Gasteiger partial charge is 0.374 e.